The Balaban J connectivity index is 0.000000745. The van der Waals surface area contributed by atoms with E-state index in [0.29, 0.717) is 38.4 Å². The van der Waals surface area contributed by atoms with Crippen LogP contribution in [0.25, 0.3) is 0 Å². The average molecular weight is 603 g/mol. The van der Waals surface area contributed by atoms with Crippen molar-refractivity contribution in [3.05, 3.63) is 53.1 Å². The maximum Gasteiger partial charge on any atom is 0.490 e. The van der Waals surface area contributed by atoms with E-state index in [9.17, 15) is 36.3 Å². The van der Waals surface area contributed by atoms with E-state index in [2.05, 4.69) is 14.9 Å². The number of aromatic carboxylic acids is 1. The van der Waals surface area contributed by atoms with Crippen LogP contribution in [0, 0.1) is 13.8 Å². The average Bonchev–Trinajstić information content (AvgIpc) is 2.85. The number of aliphatic carboxylic acids is 1. The van der Waals surface area contributed by atoms with Crippen molar-refractivity contribution in [3.63, 3.8) is 0 Å². The number of sulfonamides is 1. The molecule has 4 N–H and O–H groups in total. The van der Waals surface area contributed by atoms with Crippen molar-refractivity contribution >= 4 is 39.2 Å². The van der Waals surface area contributed by atoms with Crippen LogP contribution < -0.4 is 14.9 Å². The summed E-state index contributed by atoms with van der Waals surface area (Å²) in [6.07, 6.45) is -5.08. The van der Waals surface area contributed by atoms with E-state index in [-0.39, 0.29) is 28.1 Å². The van der Waals surface area contributed by atoms with Gasteiger partial charge in [-0.2, -0.15) is 13.2 Å². The molecule has 2 aromatic carbocycles. The topological polar surface area (TPSA) is 156 Å². The van der Waals surface area contributed by atoms with Crippen LogP contribution >= 0.6 is 0 Å². The Hall–Kier alpha value is -3.85. The first-order chi connectivity index (χ1) is 18.9. The van der Waals surface area contributed by atoms with Gasteiger partial charge in [0, 0.05) is 37.9 Å². The van der Waals surface area contributed by atoms with Crippen LogP contribution in [0.15, 0.2) is 41.3 Å². The number of carboxylic acid groups (broad SMARTS) is 2. The lowest BCUT2D eigenvalue weighted by Gasteiger charge is -2.36. The number of hydrogen-bond donors (Lipinski definition) is 4. The maximum atomic E-state index is 12.9. The zero-order valence-corrected chi connectivity index (χ0v) is 23.8. The van der Waals surface area contributed by atoms with Crippen LogP contribution in [-0.4, -0.2) is 86.3 Å². The van der Waals surface area contributed by atoms with E-state index in [1.54, 1.807) is 18.2 Å². The van der Waals surface area contributed by atoms with Crippen molar-refractivity contribution in [3.8, 4) is 0 Å². The first-order valence-corrected chi connectivity index (χ1v) is 13.9. The van der Waals surface area contributed by atoms with E-state index < -0.39 is 28.1 Å². The molecule has 1 aliphatic rings. The standard InChI is InChI=1S/C24H32N4O5S.C2HF3O2/c1-16(2)25-23(29)15-27-9-11-28(12-10-27)19-6-8-22(21(14-19)24(30)31)26-34(32,33)20-7-5-17(3)18(4)13-20;3-2(4,5)1(6)7/h5-8,13-14,16,26H,9-12,15H2,1-4H3,(H,25,29)(H,30,31);(H,6,7). The van der Waals surface area contributed by atoms with E-state index in [1.165, 1.54) is 18.2 Å². The quantitative estimate of drug-likeness (QED) is 0.357. The zero-order chi connectivity index (χ0) is 31.1. The number of rotatable bonds is 8. The van der Waals surface area contributed by atoms with Crippen LogP contribution in [0.1, 0.15) is 35.3 Å². The second-order valence-corrected chi connectivity index (χ2v) is 11.4. The third-order valence-electron chi connectivity index (χ3n) is 6.06. The second kappa shape index (κ2) is 13.7. The van der Waals surface area contributed by atoms with Crippen molar-refractivity contribution < 1.29 is 46.2 Å². The highest BCUT2D eigenvalue weighted by molar-refractivity contribution is 7.92. The number of nitrogens with zero attached hydrogens (tertiary/aromatic N) is 2. The summed E-state index contributed by atoms with van der Waals surface area (Å²) in [6, 6.07) is 9.56. The molecule has 41 heavy (non-hydrogen) atoms. The highest BCUT2D eigenvalue weighted by Crippen LogP contribution is 2.27. The van der Waals surface area contributed by atoms with Gasteiger partial charge >= 0.3 is 18.1 Å². The molecule has 226 valence electrons. The van der Waals surface area contributed by atoms with Crippen molar-refractivity contribution in [1.29, 1.82) is 0 Å². The zero-order valence-electron chi connectivity index (χ0n) is 22.9. The minimum absolute atomic E-state index is 0.0125. The largest absolute Gasteiger partial charge is 0.490 e. The van der Waals surface area contributed by atoms with Gasteiger partial charge in [-0.3, -0.25) is 14.4 Å². The fourth-order valence-corrected chi connectivity index (χ4v) is 4.98. The van der Waals surface area contributed by atoms with Gasteiger partial charge in [0.25, 0.3) is 10.0 Å². The molecular weight excluding hydrogens is 569 g/mol. The molecular formula is C26H33F3N4O7S. The molecule has 1 amide bonds. The molecule has 1 fully saturated rings. The highest BCUT2D eigenvalue weighted by atomic mass is 32.2. The summed E-state index contributed by atoms with van der Waals surface area (Å²) in [5, 5.41) is 19.7. The van der Waals surface area contributed by atoms with Gasteiger partial charge in [0.1, 0.15) is 0 Å². The van der Waals surface area contributed by atoms with Crippen molar-refractivity contribution in [2.75, 3.05) is 42.3 Å². The van der Waals surface area contributed by atoms with E-state index in [4.69, 9.17) is 9.90 Å². The molecule has 0 atom stereocenters. The number of amides is 1. The number of benzene rings is 2. The summed E-state index contributed by atoms with van der Waals surface area (Å²) in [5.41, 5.74) is 2.38. The molecule has 1 saturated heterocycles. The number of halogens is 3. The Labute approximate surface area is 236 Å². The van der Waals surface area contributed by atoms with Gasteiger partial charge in [0.15, 0.2) is 0 Å². The van der Waals surface area contributed by atoms with Crippen molar-refractivity contribution in [1.82, 2.24) is 10.2 Å². The minimum atomic E-state index is -5.08. The van der Waals surface area contributed by atoms with Crippen LogP contribution in [-0.2, 0) is 19.6 Å². The SMILES string of the molecule is Cc1ccc(S(=O)(=O)Nc2ccc(N3CCN(CC(=O)NC(C)C)CC3)cc2C(=O)O)cc1C.O=C(O)C(F)(F)F. The Kier molecular flexibility index (Phi) is 11.1. The summed E-state index contributed by atoms with van der Waals surface area (Å²) in [6.45, 7) is 10.4. The van der Waals surface area contributed by atoms with Crippen molar-refractivity contribution in [2.45, 2.75) is 44.8 Å². The first-order valence-electron chi connectivity index (χ1n) is 12.4. The Morgan fingerprint density at radius 2 is 1.54 bits per heavy atom. The molecule has 2 aromatic rings. The van der Waals surface area contributed by atoms with Gasteiger partial charge in [0.2, 0.25) is 5.91 Å². The summed E-state index contributed by atoms with van der Waals surface area (Å²) in [4.78, 5) is 37.0. The molecule has 3 rings (SSSR count). The Bertz CT molecular complexity index is 1370. The first kappa shape index (κ1) is 33.4. The van der Waals surface area contributed by atoms with Crippen molar-refractivity contribution in [2.24, 2.45) is 0 Å². The monoisotopic (exact) mass is 602 g/mol. The van der Waals surface area contributed by atoms with Crippen LogP contribution in [0.5, 0.6) is 0 Å². The van der Waals surface area contributed by atoms with Gasteiger partial charge < -0.3 is 20.4 Å². The lowest BCUT2D eigenvalue weighted by molar-refractivity contribution is -0.192. The molecule has 0 aromatic heterocycles. The van der Waals surface area contributed by atoms with Gasteiger partial charge in [0.05, 0.1) is 22.7 Å². The fraction of sp³-hybridized carbons (Fsp3) is 0.423. The van der Waals surface area contributed by atoms with Gasteiger partial charge in [-0.15, -0.1) is 0 Å². The Morgan fingerprint density at radius 3 is 2.02 bits per heavy atom. The lowest BCUT2D eigenvalue weighted by atomic mass is 10.1. The number of aryl methyl sites for hydroxylation is 2. The van der Waals surface area contributed by atoms with E-state index in [1.807, 2.05) is 32.6 Å². The summed E-state index contributed by atoms with van der Waals surface area (Å²) in [7, 11) is -3.95. The molecule has 11 nitrogen and oxygen atoms in total. The number of hydrogen-bond acceptors (Lipinski definition) is 7. The van der Waals surface area contributed by atoms with E-state index >= 15 is 0 Å². The second-order valence-electron chi connectivity index (χ2n) is 9.67. The Morgan fingerprint density at radius 1 is 0.951 bits per heavy atom. The molecule has 15 heteroatoms. The smallest absolute Gasteiger partial charge is 0.478 e. The summed E-state index contributed by atoms with van der Waals surface area (Å²) in [5.74, 6) is -3.99. The van der Waals surface area contributed by atoms with E-state index in [0.717, 1.165) is 11.1 Å². The number of nitrogens with one attached hydrogen (secondary N) is 2. The predicted molar refractivity (Wildman–Crippen MR) is 146 cm³/mol. The molecule has 1 aliphatic heterocycles. The number of carboxylic acids is 2. The third kappa shape index (κ3) is 9.93. The molecule has 0 radical (unpaired) electrons. The molecule has 0 spiro atoms. The van der Waals surface area contributed by atoms with Gasteiger partial charge in [-0.25, -0.2) is 18.0 Å². The maximum absolute atomic E-state index is 12.9. The lowest BCUT2D eigenvalue weighted by Crippen LogP contribution is -2.50. The van der Waals surface area contributed by atoms with Crippen LogP contribution in [0.3, 0.4) is 0 Å². The van der Waals surface area contributed by atoms with Crippen LogP contribution in [0.4, 0.5) is 24.5 Å². The number of carbonyl (C=O) groups excluding carboxylic acids is 1. The summed E-state index contributed by atoms with van der Waals surface area (Å²) >= 11 is 0. The number of piperazine rings is 1. The molecule has 0 bridgehead atoms. The minimum Gasteiger partial charge on any atom is -0.478 e. The number of anilines is 2. The molecule has 0 saturated carbocycles. The highest BCUT2D eigenvalue weighted by Gasteiger charge is 2.38. The number of carbonyl (C=O) groups is 3. The normalized spacial score (nSPS) is 14.2. The fourth-order valence-electron chi connectivity index (χ4n) is 3.81. The molecule has 1 heterocycles. The predicted octanol–water partition coefficient (Wildman–Crippen LogP) is 3.08. The van der Waals surface area contributed by atoms with Crippen LogP contribution in [0.2, 0.25) is 0 Å². The summed E-state index contributed by atoms with van der Waals surface area (Å²) < 4.78 is 59.9. The molecule has 0 unspecified atom stereocenters. The third-order valence-corrected chi connectivity index (χ3v) is 7.43. The molecule has 0 aliphatic carbocycles. The van der Waals surface area contributed by atoms with Gasteiger partial charge in [-0.05, 0) is 69.2 Å². The van der Waals surface area contributed by atoms with Gasteiger partial charge in [-0.1, -0.05) is 6.07 Å². The number of alkyl halides is 3.